The van der Waals surface area contributed by atoms with Gasteiger partial charge in [-0.25, -0.2) is 9.37 Å². The van der Waals surface area contributed by atoms with E-state index in [4.69, 9.17) is 4.74 Å². The molecule has 0 saturated carbocycles. The van der Waals surface area contributed by atoms with Gasteiger partial charge in [0.05, 0.1) is 36.7 Å². The Kier molecular flexibility index (Phi) is 6.07. The molecule has 0 aromatic carbocycles. The lowest BCUT2D eigenvalue weighted by atomic mass is 10.2. The third-order valence-corrected chi connectivity index (χ3v) is 6.29. The van der Waals surface area contributed by atoms with E-state index in [0.717, 1.165) is 12.7 Å². The van der Waals surface area contributed by atoms with Crippen molar-refractivity contribution < 1.29 is 18.7 Å². The molecule has 184 valence electrons. The third kappa shape index (κ3) is 4.42. The fourth-order valence-electron chi connectivity index (χ4n) is 4.55. The predicted octanol–water partition coefficient (Wildman–Crippen LogP) is 0.518. The molecule has 0 radical (unpaired) electrons. The van der Waals surface area contributed by atoms with E-state index in [2.05, 4.69) is 20.3 Å². The van der Waals surface area contributed by atoms with Gasteiger partial charge in [0.25, 0.3) is 11.5 Å². The molecule has 3 aromatic heterocycles. The minimum absolute atomic E-state index is 0.120. The number of pyridine rings is 1. The SMILES string of the molecule is CCc1cc2n(CC(=O)Nc3ccc(F)cn3)c3c(c(=O)n2n1)CN(C[C@H]1CN(C)CCO1)C3=O. The van der Waals surface area contributed by atoms with Crippen LogP contribution >= 0.6 is 0 Å². The predicted molar refractivity (Wildman–Crippen MR) is 124 cm³/mol. The Morgan fingerprint density at radius 2 is 2.14 bits per heavy atom. The minimum atomic E-state index is -0.520. The van der Waals surface area contributed by atoms with Gasteiger partial charge < -0.3 is 24.4 Å². The fourth-order valence-corrected chi connectivity index (χ4v) is 4.55. The van der Waals surface area contributed by atoms with Crippen LogP contribution in [0.25, 0.3) is 5.65 Å². The lowest BCUT2D eigenvalue weighted by molar-refractivity contribution is -0.116. The second-order valence-electron chi connectivity index (χ2n) is 8.83. The van der Waals surface area contributed by atoms with E-state index in [1.807, 2.05) is 14.0 Å². The normalized spacial score (nSPS) is 18.3. The number of carbonyl (C=O) groups is 2. The van der Waals surface area contributed by atoms with Crippen LogP contribution in [-0.4, -0.2) is 80.2 Å². The van der Waals surface area contributed by atoms with Crippen LogP contribution < -0.4 is 10.9 Å². The summed E-state index contributed by atoms with van der Waals surface area (Å²) < 4.78 is 21.8. The first-order valence-corrected chi connectivity index (χ1v) is 11.5. The van der Waals surface area contributed by atoms with Crippen molar-refractivity contribution in [2.45, 2.75) is 32.5 Å². The average Bonchev–Trinajstić information content (AvgIpc) is 3.41. The quantitative estimate of drug-likeness (QED) is 0.544. The molecular formula is C23H26FN7O4. The summed E-state index contributed by atoms with van der Waals surface area (Å²) in [5, 5.41) is 6.99. The number of amides is 2. The lowest BCUT2D eigenvalue weighted by Crippen LogP contribution is -2.46. The minimum Gasteiger partial charge on any atom is -0.374 e. The number of aromatic nitrogens is 4. The van der Waals surface area contributed by atoms with Crippen LogP contribution in [0.5, 0.6) is 0 Å². The molecule has 5 rings (SSSR count). The van der Waals surface area contributed by atoms with Crippen LogP contribution in [0.4, 0.5) is 10.2 Å². The molecule has 0 aliphatic carbocycles. The van der Waals surface area contributed by atoms with E-state index in [1.165, 1.54) is 21.2 Å². The summed E-state index contributed by atoms with van der Waals surface area (Å²) >= 11 is 0. The highest BCUT2D eigenvalue weighted by Crippen LogP contribution is 2.24. The van der Waals surface area contributed by atoms with Crippen molar-refractivity contribution in [3.8, 4) is 0 Å². The number of hydrogen-bond acceptors (Lipinski definition) is 7. The van der Waals surface area contributed by atoms with E-state index >= 15 is 0 Å². The van der Waals surface area contributed by atoms with E-state index in [0.29, 0.717) is 43.0 Å². The van der Waals surface area contributed by atoms with Gasteiger partial charge in [0, 0.05) is 25.7 Å². The highest BCUT2D eigenvalue weighted by atomic mass is 19.1. The molecular weight excluding hydrogens is 457 g/mol. The Hall–Kier alpha value is -3.64. The number of nitrogens with zero attached hydrogens (tertiary/aromatic N) is 6. The number of hydrogen-bond donors (Lipinski definition) is 1. The standard InChI is InChI=1S/C23H26FN7O4/c1-3-15-8-20-30(13-19(32)26-18-5-4-14(24)9-25-18)21-17(22(33)31(20)27-15)12-29(23(21)34)11-16-10-28(2)6-7-35-16/h4-5,8-9,16H,3,6-7,10-13H2,1-2H3,(H,25,26,32)/t16-/m1/s1. The Balaban J connectivity index is 1.49. The summed E-state index contributed by atoms with van der Waals surface area (Å²) in [5.74, 6) is -1.14. The van der Waals surface area contributed by atoms with Crippen LogP contribution in [0.3, 0.4) is 0 Å². The van der Waals surface area contributed by atoms with E-state index in [-0.39, 0.29) is 42.2 Å². The summed E-state index contributed by atoms with van der Waals surface area (Å²) in [6, 6.07) is 4.25. The first-order chi connectivity index (χ1) is 16.8. The van der Waals surface area contributed by atoms with E-state index in [9.17, 15) is 18.8 Å². The van der Waals surface area contributed by atoms with Crippen LogP contribution in [-0.2, 0) is 29.0 Å². The molecule has 12 heteroatoms. The van der Waals surface area contributed by atoms with E-state index < -0.39 is 11.7 Å². The molecule has 2 aliphatic rings. The van der Waals surface area contributed by atoms with Gasteiger partial charge in [-0.2, -0.15) is 9.61 Å². The second-order valence-corrected chi connectivity index (χ2v) is 8.83. The smallest absolute Gasteiger partial charge is 0.280 e. The zero-order valence-corrected chi connectivity index (χ0v) is 19.5. The van der Waals surface area contributed by atoms with Crippen molar-refractivity contribution in [1.82, 2.24) is 29.0 Å². The van der Waals surface area contributed by atoms with Gasteiger partial charge in [-0.15, -0.1) is 0 Å². The topological polar surface area (TPSA) is 114 Å². The number of anilines is 1. The number of nitrogens with one attached hydrogen (secondary N) is 1. The number of likely N-dealkylation sites (N-methyl/N-ethyl adjacent to an activating group) is 1. The van der Waals surface area contributed by atoms with Crippen molar-refractivity contribution in [1.29, 1.82) is 0 Å². The number of halogens is 1. The van der Waals surface area contributed by atoms with Crippen molar-refractivity contribution >= 4 is 23.3 Å². The zero-order valence-electron chi connectivity index (χ0n) is 19.5. The summed E-state index contributed by atoms with van der Waals surface area (Å²) in [6.07, 6.45) is 1.42. The number of rotatable bonds is 6. The monoisotopic (exact) mass is 483 g/mol. The summed E-state index contributed by atoms with van der Waals surface area (Å²) in [7, 11) is 1.99. The van der Waals surface area contributed by atoms with Gasteiger partial charge in [-0.05, 0) is 25.6 Å². The first kappa shape index (κ1) is 23.1. The average molecular weight is 484 g/mol. The van der Waals surface area contributed by atoms with Gasteiger partial charge in [-0.3, -0.25) is 14.4 Å². The molecule has 2 aliphatic heterocycles. The molecule has 0 unspecified atom stereocenters. The molecule has 1 saturated heterocycles. The fraction of sp³-hybridized carbons (Fsp3) is 0.435. The lowest BCUT2D eigenvalue weighted by Gasteiger charge is -2.32. The van der Waals surface area contributed by atoms with Crippen LogP contribution in [0.1, 0.15) is 28.7 Å². The maximum absolute atomic E-state index is 13.5. The third-order valence-electron chi connectivity index (χ3n) is 6.29. The summed E-state index contributed by atoms with van der Waals surface area (Å²) in [5.41, 5.74) is 1.13. The summed E-state index contributed by atoms with van der Waals surface area (Å²) in [4.78, 5) is 47.2. The zero-order chi connectivity index (χ0) is 24.7. The number of morpholine rings is 1. The van der Waals surface area contributed by atoms with Gasteiger partial charge in [0.2, 0.25) is 5.91 Å². The van der Waals surface area contributed by atoms with Gasteiger partial charge in [0.15, 0.2) is 0 Å². The highest BCUT2D eigenvalue weighted by molar-refractivity contribution is 5.98. The Labute approximate surface area is 200 Å². The Bertz CT molecular complexity index is 1350. The molecule has 1 N–H and O–H groups in total. The van der Waals surface area contributed by atoms with Crippen molar-refractivity contribution in [3.05, 3.63) is 57.5 Å². The Morgan fingerprint density at radius 1 is 1.31 bits per heavy atom. The summed E-state index contributed by atoms with van der Waals surface area (Å²) in [6.45, 7) is 4.20. The molecule has 1 fully saturated rings. The number of fused-ring (bicyclic) bond motifs is 2. The first-order valence-electron chi connectivity index (χ1n) is 11.5. The van der Waals surface area contributed by atoms with Crippen LogP contribution in [0.15, 0.2) is 29.2 Å². The molecule has 3 aromatic rings. The van der Waals surface area contributed by atoms with Crippen molar-refractivity contribution in [2.24, 2.45) is 0 Å². The van der Waals surface area contributed by atoms with Gasteiger partial charge in [0.1, 0.15) is 29.5 Å². The second kappa shape index (κ2) is 9.19. The number of carbonyl (C=O) groups excluding carboxylic acids is 2. The van der Waals surface area contributed by atoms with Crippen molar-refractivity contribution in [2.75, 3.05) is 38.6 Å². The highest BCUT2D eigenvalue weighted by Gasteiger charge is 2.37. The van der Waals surface area contributed by atoms with Crippen LogP contribution in [0, 0.1) is 5.82 Å². The molecule has 5 heterocycles. The molecule has 35 heavy (non-hydrogen) atoms. The molecule has 0 bridgehead atoms. The molecule has 2 amide bonds. The maximum Gasteiger partial charge on any atom is 0.280 e. The number of ether oxygens (including phenoxy) is 1. The molecule has 11 nitrogen and oxygen atoms in total. The van der Waals surface area contributed by atoms with Gasteiger partial charge >= 0.3 is 0 Å². The molecule has 0 spiro atoms. The van der Waals surface area contributed by atoms with Crippen LogP contribution in [0.2, 0.25) is 0 Å². The van der Waals surface area contributed by atoms with Crippen molar-refractivity contribution in [3.63, 3.8) is 0 Å². The van der Waals surface area contributed by atoms with E-state index in [1.54, 1.807) is 11.0 Å². The largest absolute Gasteiger partial charge is 0.374 e. The number of aryl methyl sites for hydroxylation is 1. The molecule has 1 atom stereocenters. The van der Waals surface area contributed by atoms with Gasteiger partial charge in [-0.1, -0.05) is 6.92 Å². The maximum atomic E-state index is 13.5. The Morgan fingerprint density at radius 3 is 2.86 bits per heavy atom.